The zero-order chi connectivity index (χ0) is 12.0. The van der Waals surface area contributed by atoms with E-state index in [1.807, 2.05) is 25.1 Å². The van der Waals surface area contributed by atoms with Crippen LogP contribution in [0.4, 0.5) is 0 Å². The van der Waals surface area contributed by atoms with Crippen molar-refractivity contribution in [2.75, 3.05) is 11.9 Å². The van der Waals surface area contributed by atoms with Crippen LogP contribution in [-0.4, -0.2) is 17.8 Å². The van der Waals surface area contributed by atoms with E-state index in [0.29, 0.717) is 0 Å². The Labute approximate surface area is 113 Å². The lowest BCUT2D eigenvalue weighted by molar-refractivity contribution is 0.0953. The minimum atomic E-state index is 0.00479. The monoisotopic (exact) mass is 347 g/mol. The molecule has 0 unspecified atom stereocenters. The second-order valence-electron chi connectivity index (χ2n) is 3.62. The van der Waals surface area contributed by atoms with E-state index in [9.17, 15) is 4.79 Å². The molecule has 1 aromatic carbocycles. The number of aryl methyl sites for hydroxylation is 1. The van der Waals surface area contributed by atoms with Gasteiger partial charge in [0, 0.05) is 21.9 Å². The normalized spacial score (nSPS) is 10.2. The number of unbranched alkanes of at least 4 members (excludes halogenated alkanes) is 1. The first kappa shape index (κ1) is 13.7. The summed E-state index contributed by atoms with van der Waals surface area (Å²) < 4.78 is 1.03. The second-order valence-corrected chi connectivity index (χ2v) is 5.26. The first-order valence-corrected chi connectivity index (χ1v) is 7.17. The van der Waals surface area contributed by atoms with Crippen LogP contribution in [0, 0.1) is 6.92 Å². The topological polar surface area (TPSA) is 29.1 Å². The Morgan fingerprint density at radius 1 is 1.38 bits per heavy atom. The molecule has 0 spiro atoms. The first-order valence-electron chi connectivity index (χ1n) is 5.25. The summed E-state index contributed by atoms with van der Waals surface area (Å²) in [5, 5.41) is 3.89. The molecule has 0 fully saturated rings. The Hall–Kier alpha value is -0.350. The molecule has 0 aliphatic heterocycles. The third-order valence-corrected chi connectivity index (χ3v) is 3.72. The summed E-state index contributed by atoms with van der Waals surface area (Å²) in [5.74, 6) is 0.00479. The smallest absolute Gasteiger partial charge is 0.251 e. The number of nitrogens with one attached hydrogen (secondary N) is 1. The summed E-state index contributed by atoms with van der Waals surface area (Å²) in [4.78, 5) is 11.7. The standard InChI is InChI=1S/C12H15Br2NO/c1-9-8-10(4-5-11(9)14)12(16)15-7-3-2-6-13/h4-5,8H,2-3,6-7H2,1H3,(H,15,16). The Kier molecular flexibility index (Phi) is 6.06. The van der Waals surface area contributed by atoms with Crippen LogP contribution in [0.25, 0.3) is 0 Å². The summed E-state index contributed by atoms with van der Waals surface area (Å²) >= 11 is 6.78. The number of amides is 1. The van der Waals surface area contributed by atoms with Crippen molar-refractivity contribution in [2.24, 2.45) is 0 Å². The van der Waals surface area contributed by atoms with Crippen LogP contribution in [-0.2, 0) is 0 Å². The molecule has 0 saturated carbocycles. The van der Waals surface area contributed by atoms with Gasteiger partial charge in [-0.3, -0.25) is 4.79 Å². The molecule has 2 nitrogen and oxygen atoms in total. The third kappa shape index (κ3) is 4.26. The predicted octanol–water partition coefficient (Wildman–Crippen LogP) is 3.66. The molecule has 1 N–H and O–H groups in total. The number of carbonyl (C=O) groups excluding carboxylic acids is 1. The third-order valence-electron chi connectivity index (χ3n) is 2.27. The molecular weight excluding hydrogens is 334 g/mol. The number of rotatable bonds is 5. The van der Waals surface area contributed by atoms with Gasteiger partial charge in [-0.25, -0.2) is 0 Å². The molecule has 4 heteroatoms. The summed E-state index contributed by atoms with van der Waals surface area (Å²) in [6.45, 7) is 2.71. The van der Waals surface area contributed by atoms with Gasteiger partial charge in [-0.1, -0.05) is 31.9 Å². The second kappa shape index (κ2) is 7.07. The van der Waals surface area contributed by atoms with E-state index in [1.165, 1.54) is 0 Å². The van der Waals surface area contributed by atoms with Crippen LogP contribution in [0.5, 0.6) is 0 Å². The van der Waals surface area contributed by atoms with Crippen molar-refractivity contribution in [3.63, 3.8) is 0 Å². The van der Waals surface area contributed by atoms with Gasteiger partial charge in [0.15, 0.2) is 0 Å². The average molecular weight is 349 g/mol. The van der Waals surface area contributed by atoms with E-state index in [4.69, 9.17) is 0 Å². The molecule has 0 radical (unpaired) electrons. The Morgan fingerprint density at radius 3 is 2.75 bits per heavy atom. The van der Waals surface area contributed by atoms with Crippen molar-refractivity contribution in [1.29, 1.82) is 0 Å². The van der Waals surface area contributed by atoms with E-state index in [1.54, 1.807) is 0 Å². The molecule has 0 atom stereocenters. The fourth-order valence-corrected chi connectivity index (χ4v) is 1.95. The van der Waals surface area contributed by atoms with Crippen molar-refractivity contribution in [3.05, 3.63) is 33.8 Å². The SMILES string of the molecule is Cc1cc(C(=O)NCCCCBr)ccc1Br. The van der Waals surface area contributed by atoms with Gasteiger partial charge < -0.3 is 5.32 Å². The van der Waals surface area contributed by atoms with E-state index in [2.05, 4.69) is 37.2 Å². The summed E-state index contributed by atoms with van der Waals surface area (Å²) in [6, 6.07) is 5.63. The zero-order valence-electron chi connectivity index (χ0n) is 9.22. The maximum Gasteiger partial charge on any atom is 0.251 e. The fourth-order valence-electron chi connectivity index (χ4n) is 1.31. The van der Waals surface area contributed by atoms with Crippen LogP contribution < -0.4 is 5.32 Å². The van der Waals surface area contributed by atoms with Crippen LogP contribution in [0.3, 0.4) is 0 Å². The van der Waals surface area contributed by atoms with Gasteiger partial charge in [0.25, 0.3) is 5.91 Å². The minimum Gasteiger partial charge on any atom is -0.352 e. The van der Waals surface area contributed by atoms with Gasteiger partial charge in [0.2, 0.25) is 0 Å². The number of carbonyl (C=O) groups is 1. The lowest BCUT2D eigenvalue weighted by Gasteiger charge is -2.06. The Balaban J connectivity index is 2.50. The molecule has 1 rings (SSSR count). The molecule has 16 heavy (non-hydrogen) atoms. The summed E-state index contributed by atoms with van der Waals surface area (Å²) in [6.07, 6.45) is 2.09. The van der Waals surface area contributed by atoms with E-state index < -0.39 is 0 Å². The molecular formula is C12H15Br2NO. The van der Waals surface area contributed by atoms with Crippen LogP contribution in [0.1, 0.15) is 28.8 Å². The van der Waals surface area contributed by atoms with Gasteiger partial charge in [-0.2, -0.15) is 0 Å². The van der Waals surface area contributed by atoms with Gasteiger partial charge in [-0.15, -0.1) is 0 Å². The predicted molar refractivity (Wildman–Crippen MR) is 74.2 cm³/mol. The number of hydrogen-bond acceptors (Lipinski definition) is 1. The zero-order valence-corrected chi connectivity index (χ0v) is 12.4. The Bertz CT molecular complexity index is 366. The molecule has 0 bridgehead atoms. The molecule has 0 aromatic heterocycles. The quantitative estimate of drug-likeness (QED) is 0.638. The highest BCUT2D eigenvalue weighted by Crippen LogP contribution is 2.16. The molecule has 1 aromatic rings. The molecule has 0 aliphatic carbocycles. The first-order chi connectivity index (χ1) is 7.65. The van der Waals surface area contributed by atoms with Crippen LogP contribution in [0.15, 0.2) is 22.7 Å². The molecule has 0 saturated heterocycles. The number of alkyl halides is 1. The van der Waals surface area contributed by atoms with Crippen LogP contribution >= 0.6 is 31.9 Å². The van der Waals surface area contributed by atoms with Gasteiger partial charge in [-0.05, 0) is 43.5 Å². The highest BCUT2D eigenvalue weighted by atomic mass is 79.9. The fraction of sp³-hybridized carbons (Fsp3) is 0.417. The van der Waals surface area contributed by atoms with E-state index >= 15 is 0 Å². The highest BCUT2D eigenvalue weighted by molar-refractivity contribution is 9.10. The molecule has 1 amide bonds. The largest absolute Gasteiger partial charge is 0.352 e. The van der Waals surface area contributed by atoms with Crippen molar-refractivity contribution in [2.45, 2.75) is 19.8 Å². The van der Waals surface area contributed by atoms with Crippen molar-refractivity contribution in [1.82, 2.24) is 5.32 Å². The highest BCUT2D eigenvalue weighted by Gasteiger charge is 2.05. The summed E-state index contributed by atoms with van der Waals surface area (Å²) in [5.41, 5.74) is 1.80. The maximum absolute atomic E-state index is 11.7. The lowest BCUT2D eigenvalue weighted by atomic mass is 10.1. The number of halogens is 2. The van der Waals surface area contributed by atoms with Gasteiger partial charge >= 0.3 is 0 Å². The van der Waals surface area contributed by atoms with Crippen molar-refractivity contribution >= 4 is 37.8 Å². The maximum atomic E-state index is 11.7. The van der Waals surface area contributed by atoms with Crippen LogP contribution in [0.2, 0.25) is 0 Å². The Morgan fingerprint density at radius 2 is 2.12 bits per heavy atom. The number of hydrogen-bond donors (Lipinski definition) is 1. The lowest BCUT2D eigenvalue weighted by Crippen LogP contribution is -2.24. The van der Waals surface area contributed by atoms with Gasteiger partial charge in [0.1, 0.15) is 0 Å². The molecule has 0 aliphatic rings. The summed E-state index contributed by atoms with van der Waals surface area (Å²) in [7, 11) is 0. The van der Waals surface area contributed by atoms with E-state index in [-0.39, 0.29) is 5.91 Å². The molecule has 0 heterocycles. The minimum absolute atomic E-state index is 0.00479. The van der Waals surface area contributed by atoms with Gasteiger partial charge in [0.05, 0.1) is 0 Å². The van der Waals surface area contributed by atoms with Crippen molar-refractivity contribution < 1.29 is 4.79 Å². The van der Waals surface area contributed by atoms with E-state index in [0.717, 1.165) is 40.3 Å². The number of benzene rings is 1. The molecule has 88 valence electrons. The van der Waals surface area contributed by atoms with Crippen molar-refractivity contribution in [3.8, 4) is 0 Å². The average Bonchev–Trinajstić information content (AvgIpc) is 2.28.